The van der Waals surface area contributed by atoms with Gasteiger partial charge in [0.15, 0.2) is 0 Å². The van der Waals surface area contributed by atoms with E-state index in [4.69, 9.17) is 15.4 Å². The predicted molar refractivity (Wildman–Crippen MR) is 235 cm³/mol. The first-order valence-electron chi connectivity index (χ1n) is 23.7. The maximum absolute atomic E-state index is 8.39. The van der Waals surface area contributed by atoms with Gasteiger partial charge in [0.25, 0.3) is 0 Å². The number of furan rings is 1. The van der Waals surface area contributed by atoms with Gasteiger partial charge in [-0.15, -0.1) is 47.5 Å². The summed E-state index contributed by atoms with van der Waals surface area (Å²) in [6.07, 6.45) is 9.35. The first-order valence-corrected chi connectivity index (χ1v) is 19.7. The van der Waals surface area contributed by atoms with Gasteiger partial charge in [0, 0.05) is 54.5 Å². The van der Waals surface area contributed by atoms with Gasteiger partial charge in [-0.1, -0.05) is 136 Å². The predicted octanol–water partition coefficient (Wildman–Crippen LogP) is 13.9. The molecule has 0 unspecified atom stereocenters. The fraction of sp³-hybridized carbons (Fsp3) is 0.264. The van der Waals surface area contributed by atoms with E-state index in [2.05, 4.69) is 57.4 Å². The molecule has 1 fully saturated rings. The largest absolute Gasteiger partial charge is 0.486 e. The molecule has 4 nitrogen and oxygen atoms in total. The molecule has 8 aromatic rings. The normalized spacial score (nSPS) is 15.9. The summed E-state index contributed by atoms with van der Waals surface area (Å²) in [5.74, 6) is 0.713. The second-order valence-electron chi connectivity index (χ2n) is 15.9. The zero-order valence-corrected chi connectivity index (χ0v) is 35.4. The van der Waals surface area contributed by atoms with Gasteiger partial charge in [-0.2, -0.15) is 0 Å². The molecule has 1 radical (unpaired) electrons. The van der Waals surface area contributed by atoms with E-state index in [1.807, 2.05) is 75.5 Å². The number of hydrogen-bond acceptors (Lipinski definition) is 4. The van der Waals surface area contributed by atoms with Gasteiger partial charge in [0.1, 0.15) is 0 Å². The van der Waals surface area contributed by atoms with Gasteiger partial charge in [-0.05, 0) is 101 Å². The van der Waals surface area contributed by atoms with E-state index in [0.29, 0.717) is 39.6 Å². The summed E-state index contributed by atoms with van der Waals surface area (Å²) in [5, 5.41) is 1.65. The Morgan fingerprint density at radius 1 is 0.776 bits per heavy atom. The molecule has 4 aromatic carbocycles. The average Bonchev–Trinajstić information content (AvgIpc) is 3.68. The number of benzene rings is 4. The summed E-state index contributed by atoms with van der Waals surface area (Å²) >= 11 is 0. The maximum atomic E-state index is 8.39. The Balaban J connectivity index is 0.000000198. The van der Waals surface area contributed by atoms with E-state index in [1.165, 1.54) is 49.3 Å². The van der Waals surface area contributed by atoms with Crippen LogP contribution in [-0.2, 0) is 32.9 Å². The van der Waals surface area contributed by atoms with E-state index < -0.39 is 25.5 Å². The van der Waals surface area contributed by atoms with Crippen LogP contribution in [0, 0.1) is 31.3 Å². The standard InChI is InChI=1S/C30H27N2O.C23H24N.Ir/c1-20-10-15-26-25-8-5-9-27(29(25)33-30(26)32-20)28-19-22(16-17-31-28)18-21-11-13-24(14-12-21)23-6-3-2-4-7-23;1-17-10-12-20(14-21(17)19-8-6-5-7-9-19)22-13-11-18(16-24-22)15-23(2,3)4;/h5,8,10-17,19,23H,2-4,6-7,18H2,1H3;5-11,13-14,16H,15H2,1-4H3;/q2*-1;/i1D3;1D3,15D2;. The zero-order chi connectivity index (χ0) is 46.1. The van der Waals surface area contributed by atoms with E-state index in [9.17, 15) is 0 Å². The van der Waals surface area contributed by atoms with Gasteiger partial charge in [-0.3, -0.25) is 0 Å². The molecule has 0 aliphatic heterocycles. The molecule has 1 saturated carbocycles. The zero-order valence-electron chi connectivity index (χ0n) is 41.0. The molecule has 295 valence electrons. The first kappa shape index (κ1) is 31.7. The number of rotatable bonds is 7. The Labute approximate surface area is 368 Å². The van der Waals surface area contributed by atoms with Gasteiger partial charge in [0.05, 0.1) is 5.58 Å². The van der Waals surface area contributed by atoms with Crippen LogP contribution in [0.15, 0.2) is 132 Å². The summed E-state index contributed by atoms with van der Waals surface area (Å²) < 4.78 is 69.4. The minimum atomic E-state index is -2.29. The van der Waals surface area contributed by atoms with Crippen molar-refractivity contribution in [2.45, 2.75) is 85.3 Å². The van der Waals surface area contributed by atoms with E-state index in [-0.39, 0.29) is 31.4 Å². The first-order chi connectivity index (χ1) is 30.9. The molecule has 0 bridgehead atoms. The summed E-state index contributed by atoms with van der Waals surface area (Å²) in [6, 6.07) is 42.8. The molecular weight excluding hydrogens is 887 g/mol. The number of pyridine rings is 3. The third kappa shape index (κ3) is 9.72. The van der Waals surface area contributed by atoms with Crippen molar-refractivity contribution >= 4 is 22.1 Å². The van der Waals surface area contributed by atoms with Crippen LogP contribution < -0.4 is 0 Å². The van der Waals surface area contributed by atoms with Crippen molar-refractivity contribution in [2.75, 3.05) is 0 Å². The average molecular weight is 946 g/mol. The van der Waals surface area contributed by atoms with Gasteiger partial charge in [-0.25, -0.2) is 4.98 Å². The SMILES string of the molecule is [2H]C([2H])([2H])c1c[c-]c(-c2ccc(C([2H])([2H])C(C)(C)C)cn2)cc1-c1ccccc1.[2H]C([2H])([2H])c1ccc2c(n1)oc1c(-c3cc(Cc4ccc(C5CCCCC5)cc4)ccn3)[c-]ccc12.[Ir]. The Kier molecular flexibility index (Phi) is 9.93. The number of hydrogen-bond donors (Lipinski definition) is 0. The van der Waals surface area contributed by atoms with Crippen molar-refractivity contribution in [2.24, 2.45) is 5.41 Å². The summed E-state index contributed by atoms with van der Waals surface area (Å²) in [5.41, 5.74) is 9.28. The molecule has 0 saturated heterocycles. The Bertz CT molecular complexity index is 2920. The molecule has 5 heteroatoms. The molecular formula is C53H51IrN3O-2. The number of aromatic nitrogens is 3. The number of aryl methyl sites for hydroxylation is 2. The molecule has 0 amide bonds. The molecule has 58 heavy (non-hydrogen) atoms. The molecule has 4 heterocycles. The van der Waals surface area contributed by atoms with E-state index in [0.717, 1.165) is 39.6 Å². The molecule has 0 N–H and O–H groups in total. The summed E-state index contributed by atoms with van der Waals surface area (Å²) in [7, 11) is 0. The Hall–Kier alpha value is -5.22. The van der Waals surface area contributed by atoms with Crippen molar-refractivity contribution < 1.29 is 35.5 Å². The topological polar surface area (TPSA) is 51.8 Å². The third-order valence-electron chi connectivity index (χ3n) is 10.4. The molecule has 4 aromatic heterocycles. The quantitative estimate of drug-likeness (QED) is 0.149. The van der Waals surface area contributed by atoms with Crippen LogP contribution in [-0.4, -0.2) is 15.0 Å². The third-order valence-corrected chi connectivity index (χ3v) is 10.4. The minimum absolute atomic E-state index is 0. The second kappa shape index (κ2) is 18.1. The van der Waals surface area contributed by atoms with Crippen LogP contribution in [0.4, 0.5) is 0 Å². The fourth-order valence-electron chi connectivity index (χ4n) is 7.67. The van der Waals surface area contributed by atoms with Crippen molar-refractivity contribution in [1.82, 2.24) is 15.0 Å². The summed E-state index contributed by atoms with van der Waals surface area (Å²) in [6.45, 7) is 1.03. The summed E-state index contributed by atoms with van der Waals surface area (Å²) in [4.78, 5) is 13.3. The van der Waals surface area contributed by atoms with Crippen LogP contribution in [0.2, 0.25) is 0 Å². The van der Waals surface area contributed by atoms with Gasteiger partial charge < -0.3 is 14.4 Å². The van der Waals surface area contributed by atoms with Crippen molar-refractivity contribution in [1.29, 1.82) is 0 Å². The fourth-order valence-corrected chi connectivity index (χ4v) is 7.67. The molecule has 9 rings (SSSR count). The van der Waals surface area contributed by atoms with Crippen LogP contribution >= 0.6 is 0 Å². The molecule has 0 spiro atoms. The Morgan fingerprint density at radius 3 is 2.33 bits per heavy atom. The van der Waals surface area contributed by atoms with Gasteiger partial charge in [0.2, 0.25) is 5.71 Å². The van der Waals surface area contributed by atoms with E-state index >= 15 is 0 Å². The molecule has 1 aliphatic rings. The molecule has 1 aliphatic carbocycles. The smallest absolute Gasteiger partial charge is 0.216 e. The molecule has 0 atom stereocenters. The number of fused-ring (bicyclic) bond motifs is 3. The van der Waals surface area contributed by atoms with Crippen molar-refractivity contribution in [3.8, 4) is 33.6 Å². The number of nitrogens with zero attached hydrogens (tertiary/aromatic N) is 3. The van der Waals surface area contributed by atoms with Crippen molar-refractivity contribution in [3.05, 3.63) is 173 Å². The minimum Gasteiger partial charge on any atom is -0.486 e. The Morgan fingerprint density at radius 2 is 1.59 bits per heavy atom. The van der Waals surface area contributed by atoms with E-state index in [1.54, 1.807) is 36.5 Å². The van der Waals surface area contributed by atoms with Crippen LogP contribution in [0.5, 0.6) is 0 Å². The maximum Gasteiger partial charge on any atom is 0.216 e. The van der Waals surface area contributed by atoms with Crippen LogP contribution in [0.3, 0.4) is 0 Å². The van der Waals surface area contributed by atoms with Gasteiger partial charge >= 0.3 is 0 Å². The van der Waals surface area contributed by atoms with Crippen molar-refractivity contribution in [3.63, 3.8) is 0 Å². The van der Waals surface area contributed by atoms with Crippen LogP contribution in [0.25, 0.3) is 55.7 Å². The van der Waals surface area contributed by atoms with Crippen LogP contribution in [0.1, 0.15) is 103 Å². The monoisotopic (exact) mass is 946 g/mol. The second-order valence-corrected chi connectivity index (χ2v) is 15.9.